The molecule has 1 amide bonds. The smallest absolute Gasteiger partial charge is 0.225 e. The molecule has 1 aliphatic heterocycles. The minimum absolute atomic E-state index is 0.208. The van der Waals surface area contributed by atoms with Crippen molar-refractivity contribution in [3.8, 4) is 0 Å². The second kappa shape index (κ2) is 6.50. The lowest BCUT2D eigenvalue weighted by molar-refractivity contribution is -0.118. The summed E-state index contributed by atoms with van der Waals surface area (Å²) in [6.07, 6.45) is 8.40. The number of carbonyl (C=O) groups excluding carboxylic acids is 1. The van der Waals surface area contributed by atoms with Crippen LogP contribution in [0.15, 0.2) is 12.4 Å². The standard InChI is InChI=1S/C14H22N4O/c1-2-11-8-16-14(17-9-11)18-7-3-4-12(10-18)5-6-13(15)19/h8-9,12H,2-7,10H2,1H3,(H2,15,19)/t12-/m1/s1. The van der Waals surface area contributed by atoms with Crippen LogP contribution in [0.2, 0.25) is 0 Å². The molecule has 0 spiro atoms. The van der Waals surface area contributed by atoms with Gasteiger partial charge in [0.2, 0.25) is 11.9 Å². The minimum atomic E-state index is -0.208. The predicted molar refractivity (Wildman–Crippen MR) is 74.8 cm³/mol. The van der Waals surface area contributed by atoms with Gasteiger partial charge in [-0.2, -0.15) is 0 Å². The highest BCUT2D eigenvalue weighted by Gasteiger charge is 2.21. The van der Waals surface area contributed by atoms with E-state index in [4.69, 9.17) is 5.73 Å². The van der Waals surface area contributed by atoms with E-state index < -0.39 is 0 Å². The van der Waals surface area contributed by atoms with Gasteiger partial charge in [-0.25, -0.2) is 9.97 Å². The van der Waals surface area contributed by atoms with Crippen molar-refractivity contribution in [3.05, 3.63) is 18.0 Å². The number of hydrogen-bond donors (Lipinski definition) is 1. The van der Waals surface area contributed by atoms with E-state index in [1.165, 1.54) is 0 Å². The van der Waals surface area contributed by atoms with Gasteiger partial charge in [0.15, 0.2) is 0 Å². The van der Waals surface area contributed by atoms with Gasteiger partial charge in [-0.3, -0.25) is 4.79 Å². The van der Waals surface area contributed by atoms with E-state index in [0.29, 0.717) is 12.3 Å². The molecular formula is C14H22N4O. The number of aromatic nitrogens is 2. The molecule has 0 aliphatic carbocycles. The van der Waals surface area contributed by atoms with Crippen LogP contribution in [0.25, 0.3) is 0 Å². The van der Waals surface area contributed by atoms with Gasteiger partial charge in [0.1, 0.15) is 0 Å². The molecule has 2 N–H and O–H groups in total. The van der Waals surface area contributed by atoms with Gasteiger partial charge in [0.05, 0.1) is 0 Å². The number of aryl methyl sites for hydroxylation is 1. The number of hydrogen-bond acceptors (Lipinski definition) is 4. The lowest BCUT2D eigenvalue weighted by Crippen LogP contribution is -2.36. The molecule has 0 radical (unpaired) electrons. The Kier molecular flexibility index (Phi) is 4.71. The lowest BCUT2D eigenvalue weighted by atomic mass is 9.93. The molecular weight excluding hydrogens is 240 g/mol. The third-order valence-electron chi connectivity index (χ3n) is 3.70. The number of carbonyl (C=O) groups is 1. The van der Waals surface area contributed by atoms with Crippen LogP contribution >= 0.6 is 0 Å². The largest absolute Gasteiger partial charge is 0.370 e. The van der Waals surface area contributed by atoms with Gasteiger partial charge in [0, 0.05) is 31.9 Å². The maximum Gasteiger partial charge on any atom is 0.225 e. The summed E-state index contributed by atoms with van der Waals surface area (Å²) < 4.78 is 0. The highest BCUT2D eigenvalue weighted by molar-refractivity contribution is 5.73. The lowest BCUT2D eigenvalue weighted by Gasteiger charge is -2.32. The van der Waals surface area contributed by atoms with E-state index in [9.17, 15) is 4.79 Å². The van der Waals surface area contributed by atoms with Crippen LogP contribution in [0.5, 0.6) is 0 Å². The first-order valence-corrected chi connectivity index (χ1v) is 7.03. The fraction of sp³-hybridized carbons (Fsp3) is 0.643. The molecule has 1 aromatic rings. The molecule has 1 aromatic heterocycles. The number of amides is 1. The topological polar surface area (TPSA) is 72.1 Å². The normalized spacial score (nSPS) is 19.4. The molecule has 1 fully saturated rings. The molecule has 2 heterocycles. The van der Waals surface area contributed by atoms with E-state index in [0.717, 1.165) is 50.3 Å². The molecule has 1 saturated heterocycles. The van der Waals surface area contributed by atoms with E-state index >= 15 is 0 Å². The van der Waals surface area contributed by atoms with Gasteiger partial charge in [-0.15, -0.1) is 0 Å². The first-order valence-electron chi connectivity index (χ1n) is 7.03. The average molecular weight is 262 g/mol. The van der Waals surface area contributed by atoms with E-state index in [1.807, 2.05) is 12.4 Å². The fourth-order valence-corrected chi connectivity index (χ4v) is 2.52. The average Bonchev–Trinajstić information content (AvgIpc) is 2.45. The monoisotopic (exact) mass is 262 g/mol. The Morgan fingerprint density at radius 2 is 2.21 bits per heavy atom. The summed E-state index contributed by atoms with van der Waals surface area (Å²) in [5.74, 6) is 1.12. The van der Waals surface area contributed by atoms with Crippen molar-refractivity contribution in [2.75, 3.05) is 18.0 Å². The zero-order chi connectivity index (χ0) is 13.7. The van der Waals surface area contributed by atoms with Crippen molar-refractivity contribution in [2.24, 2.45) is 11.7 Å². The van der Waals surface area contributed by atoms with Crippen molar-refractivity contribution >= 4 is 11.9 Å². The van der Waals surface area contributed by atoms with Crippen molar-refractivity contribution < 1.29 is 4.79 Å². The minimum Gasteiger partial charge on any atom is -0.370 e. The molecule has 0 unspecified atom stereocenters. The van der Waals surface area contributed by atoms with Crippen LogP contribution in [0.1, 0.15) is 38.2 Å². The van der Waals surface area contributed by atoms with Crippen molar-refractivity contribution in [3.63, 3.8) is 0 Å². The highest BCUT2D eigenvalue weighted by Crippen LogP contribution is 2.23. The molecule has 5 heteroatoms. The molecule has 0 saturated carbocycles. The molecule has 1 aliphatic rings. The number of anilines is 1. The maximum absolute atomic E-state index is 10.8. The Hall–Kier alpha value is -1.65. The molecule has 1 atom stereocenters. The summed E-state index contributed by atoms with van der Waals surface area (Å²) in [5, 5.41) is 0. The number of rotatable bonds is 5. The van der Waals surface area contributed by atoms with Crippen molar-refractivity contribution in [1.29, 1.82) is 0 Å². The summed E-state index contributed by atoms with van der Waals surface area (Å²) >= 11 is 0. The Balaban J connectivity index is 1.94. The first kappa shape index (κ1) is 13.8. The number of piperidine rings is 1. The summed E-state index contributed by atoms with van der Waals surface area (Å²) in [6, 6.07) is 0. The fourth-order valence-electron chi connectivity index (χ4n) is 2.52. The molecule has 5 nitrogen and oxygen atoms in total. The third-order valence-corrected chi connectivity index (χ3v) is 3.70. The Labute approximate surface area is 114 Å². The van der Waals surface area contributed by atoms with Crippen LogP contribution in [0.4, 0.5) is 5.95 Å². The number of nitrogens with two attached hydrogens (primary N) is 1. The van der Waals surface area contributed by atoms with Gasteiger partial charge in [0.25, 0.3) is 0 Å². The second-order valence-corrected chi connectivity index (χ2v) is 5.20. The number of primary amides is 1. The van der Waals surface area contributed by atoms with Crippen LogP contribution < -0.4 is 10.6 Å². The predicted octanol–water partition coefficient (Wildman–Crippen LogP) is 1.52. The van der Waals surface area contributed by atoms with Crippen LogP contribution in [0.3, 0.4) is 0 Å². The number of nitrogens with zero attached hydrogens (tertiary/aromatic N) is 3. The summed E-state index contributed by atoms with van der Waals surface area (Å²) in [5.41, 5.74) is 6.37. The molecule has 104 valence electrons. The van der Waals surface area contributed by atoms with Crippen LogP contribution in [-0.4, -0.2) is 29.0 Å². The van der Waals surface area contributed by atoms with E-state index in [2.05, 4.69) is 21.8 Å². The SMILES string of the molecule is CCc1cnc(N2CCC[C@H](CCC(N)=O)C2)nc1. The van der Waals surface area contributed by atoms with Crippen LogP contribution in [-0.2, 0) is 11.2 Å². The van der Waals surface area contributed by atoms with E-state index in [1.54, 1.807) is 0 Å². The molecule has 0 aromatic carbocycles. The van der Waals surface area contributed by atoms with Gasteiger partial charge in [-0.1, -0.05) is 6.92 Å². The van der Waals surface area contributed by atoms with E-state index in [-0.39, 0.29) is 5.91 Å². The Morgan fingerprint density at radius 3 is 2.84 bits per heavy atom. The Morgan fingerprint density at radius 1 is 1.47 bits per heavy atom. The zero-order valence-corrected chi connectivity index (χ0v) is 11.5. The van der Waals surface area contributed by atoms with Gasteiger partial charge < -0.3 is 10.6 Å². The summed E-state index contributed by atoms with van der Waals surface area (Å²) in [6.45, 7) is 4.02. The Bertz CT molecular complexity index is 418. The van der Waals surface area contributed by atoms with Crippen molar-refractivity contribution in [2.45, 2.75) is 39.0 Å². The summed E-state index contributed by atoms with van der Waals surface area (Å²) in [7, 11) is 0. The third kappa shape index (κ3) is 3.91. The maximum atomic E-state index is 10.8. The van der Waals surface area contributed by atoms with Gasteiger partial charge in [-0.05, 0) is 37.2 Å². The first-order chi connectivity index (χ1) is 9.19. The quantitative estimate of drug-likeness (QED) is 0.873. The molecule has 0 bridgehead atoms. The molecule has 19 heavy (non-hydrogen) atoms. The second-order valence-electron chi connectivity index (χ2n) is 5.20. The van der Waals surface area contributed by atoms with Crippen LogP contribution in [0, 0.1) is 5.92 Å². The van der Waals surface area contributed by atoms with Gasteiger partial charge >= 0.3 is 0 Å². The molecule has 2 rings (SSSR count). The zero-order valence-electron chi connectivity index (χ0n) is 11.5. The summed E-state index contributed by atoms with van der Waals surface area (Å²) in [4.78, 5) is 21.9. The highest BCUT2D eigenvalue weighted by atomic mass is 16.1. The van der Waals surface area contributed by atoms with Crippen molar-refractivity contribution in [1.82, 2.24) is 9.97 Å².